The molecule has 4 aromatic rings. The van der Waals surface area contributed by atoms with Gasteiger partial charge in [0.05, 0.1) is 0 Å². The maximum Gasteiger partial charge on any atom is 0.258 e. The Morgan fingerprint density at radius 1 is 0.840 bits per heavy atom. The summed E-state index contributed by atoms with van der Waals surface area (Å²) >= 11 is 0. The summed E-state index contributed by atoms with van der Waals surface area (Å²) in [7, 11) is 0. The minimum atomic E-state index is 0.456. The molecule has 0 aliphatic carbocycles. The highest BCUT2D eigenvalue weighted by atomic mass is 16.5. The van der Waals surface area contributed by atoms with Crippen molar-refractivity contribution in [3.8, 4) is 28.6 Å². The monoisotopic (exact) mass is 329 g/mol. The van der Waals surface area contributed by atoms with Crippen molar-refractivity contribution in [1.82, 2.24) is 15.1 Å². The quantitative estimate of drug-likeness (QED) is 0.544. The number of pyridine rings is 1. The van der Waals surface area contributed by atoms with Crippen molar-refractivity contribution in [2.45, 2.75) is 6.61 Å². The Kier molecular flexibility index (Phi) is 4.20. The van der Waals surface area contributed by atoms with E-state index in [1.54, 1.807) is 12.4 Å². The largest absolute Gasteiger partial charge is 0.489 e. The molecule has 0 unspecified atom stereocenters. The Morgan fingerprint density at radius 3 is 2.52 bits per heavy atom. The number of hydrogen-bond acceptors (Lipinski definition) is 5. The van der Waals surface area contributed by atoms with Gasteiger partial charge in [0.25, 0.3) is 5.89 Å². The smallest absolute Gasteiger partial charge is 0.258 e. The standard InChI is InChI=1S/C20H15N3O2/c1-2-5-15(6-3-1)14-24-18-8-4-7-17(13-18)20-22-19(23-25-20)16-9-11-21-12-10-16/h1-13H,14H2. The summed E-state index contributed by atoms with van der Waals surface area (Å²) in [4.78, 5) is 8.44. The highest BCUT2D eigenvalue weighted by molar-refractivity contribution is 5.60. The number of benzene rings is 2. The van der Waals surface area contributed by atoms with Gasteiger partial charge in [-0.3, -0.25) is 4.98 Å². The molecule has 0 N–H and O–H groups in total. The Bertz CT molecular complexity index is 953. The molecular formula is C20H15N3O2. The van der Waals surface area contributed by atoms with E-state index in [1.807, 2.05) is 66.7 Å². The molecule has 0 fully saturated rings. The van der Waals surface area contributed by atoms with E-state index in [2.05, 4.69) is 15.1 Å². The third-order valence-electron chi connectivity index (χ3n) is 3.69. The Morgan fingerprint density at radius 2 is 1.68 bits per heavy atom. The first-order chi connectivity index (χ1) is 12.4. The summed E-state index contributed by atoms with van der Waals surface area (Å²) in [6.45, 7) is 0.510. The van der Waals surface area contributed by atoms with Crippen molar-refractivity contribution >= 4 is 0 Å². The van der Waals surface area contributed by atoms with Crippen LogP contribution in [0.25, 0.3) is 22.8 Å². The molecule has 2 aromatic heterocycles. The molecule has 122 valence electrons. The van der Waals surface area contributed by atoms with Crippen LogP contribution in [-0.4, -0.2) is 15.1 Å². The third kappa shape index (κ3) is 3.55. The molecule has 25 heavy (non-hydrogen) atoms. The highest BCUT2D eigenvalue weighted by Crippen LogP contribution is 2.25. The van der Waals surface area contributed by atoms with Gasteiger partial charge in [-0.2, -0.15) is 4.98 Å². The minimum absolute atomic E-state index is 0.456. The molecule has 2 aromatic carbocycles. The zero-order valence-electron chi connectivity index (χ0n) is 13.4. The summed E-state index contributed by atoms with van der Waals surface area (Å²) < 4.78 is 11.2. The molecule has 0 aliphatic heterocycles. The van der Waals surface area contributed by atoms with E-state index in [9.17, 15) is 0 Å². The van der Waals surface area contributed by atoms with Crippen LogP contribution in [0, 0.1) is 0 Å². The molecule has 0 aliphatic rings. The normalized spacial score (nSPS) is 10.6. The van der Waals surface area contributed by atoms with Crippen LogP contribution in [0.3, 0.4) is 0 Å². The van der Waals surface area contributed by atoms with E-state index >= 15 is 0 Å². The maximum atomic E-state index is 5.85. The topological polar surface area (TPSA) is 61.0 Å². The van der Waals surface area contributed by atoms with Gasteiger partial charge in [0.1, 0.15) is 12.4 Å². The van der Waals surface area contributed by atoms with Crippen molar-refractivity contribution in [2.24, 2.45) is 0 Å². The maximum absolute atomic E-state index is 5.85. The first-order valence-electron chi connectivity index (χ1n) is 7.90. The van der Waals surface area contributed by atoms with E-state index in [1.165, 1.54) is 0 Å². The van der Waals surface area contributed by atoms with Crippen LogP contribution in [0.15, 0.2) is 83.6 Å². The Labute approximate surface area is 144 Å². The van der Waals surface area contributed by atoms with Crippen LogP contribution >= 0.6 is 0 Å². The van der Waals surface area contributed by atoms with E-state index in [-0.39, 0.29) is 0 Å². The third-order valence-corrected chi connectivity index (χ3v) is 3.69. The second-order valence-corrected chi connectivity index (χ2v) is 5.46. The second-order valence-electron chi connectivity index (χ2n) is 5.46. The average molecular weight is 329 g/mol. The fourth-order valence-corrected chi connectivity index (χ4v) is 2.42. The van der Waals surface area contributed by atoms with Gasteiger partial charge >= 0.3 is 0 Å². The molecule has 2 heterocycles. The van der Waals surface area contributed by atoms with Crippen molar-refractivity contribution < 1.29 is 9.26 Å². The predicted molar refractivity (Wildman–Crippen MR) is 93.7 cm³/mol. The van der Waals surface area contributed by atoms with Gasteiger partial charge in [-0.1, -0.05) is 41.6 Å². The Hall–Kier alpha value is -3.47. The molecule has 0 atom stereocenters. The van der Waals surface area contributed by atoms with Crippen molar-refractivity contribution in [3.05, 3.63) is 84.7 Å². The van der Waals surface area contributed by atoms with Crippen LogP contribution in [0.4, 0.5) is 0 Å². The Balaban J connectivity index is 1.52. The molecule has 5 heteroatoms. The van der Waals surface area contributed by atoms with E-state index in [4.69, 9.17) is 9.26 Å². The summed E-state index contributed by atoms with van der Waals surface area (Å²) in [5, 5.41) is 4.03. The summed E-state index contributed by atoms with van der Waals surface area (Å²) in [5.74, 6) is 1.75. The molecule has 0 radical (unpaired) electrons. The van der Waals surface area contributed by atoms with Crippen LogP contribution < -0.4 is 4.74 Å². The van der Waals surface area contributed by atoms with Gasteiger partial charge in [0.2, 0.25) is 5.82 Å². The van der Waals surface area contributed by atoms with Crippen LogP contribution in [0.2, 0.25) is 0 Å². The van der Waals surface area contributed by atoms with Gasteiger partial charge < -0.3 is 9.26 Å². The molecule has 0 saturated heterocycles. The van der Waals surface area contributed by atoms with Gasteiger partial charge in [-0.25, -0.2) is 0 Å². The summed E-state index contributed by atoms with van der Waals surface area (Å²) in [5.41, 5.74) is 2.80. The molecule has 0 saturated carbocycles. The average Bonchev–Trinajstić information content (AvgIpc) is 3.18. The lowest BCUT2D eigenvalue weighted by atomic mass is 10.2. The van der Waals surface area contributed by atoms with Gasteiger partial charge in [-0.15, -0.1) is 0 Å². The first kappa shape index (κ1) is 15.1. The van der Waals surface area contributed by atoms with E-state index in [0.717, 1.165) is 22.4 Å². The summed E-state index contributed by atoms with van der Waals surface area (Å²) in [6.07, 6.45) is 3.40. The molecule has 0 amide bonds. The zero-order chi connectivity index (χ0) is 16.9. The lowest BCUT2D eigenvalue weighted by molar-refractivity contribution is 0.306. The molecular weight excluding hydrogens is 314 g/mol. The lowest BCUT2D eigenvalue weighted by Crippen LogP contribution is -1.95. The molecule has 4 rings (SSSR count). The number of aromatic nitrogens is 3. The first-order valence-corrected chi connectivity index (χ1v) is 7.90. The second kappa shape index (κ2) is 6.97. The van der Waals surface area contributed by atoms with E-state index < -0.39 is 0 Å². The van der Waals surface area contributed by atoms with Gasteiger partial charge in [0, 0.05) is 23.5 Å². The van der Waals surface area contributed by atoms with Crippen molar-refractivity contribution in [1.29, 1.82) is 0 Å². The van der Waals surface area contributed by atoms with Crippen molar-refractivity contribution in [2.75, 3.05) is 0 Å². The fourth-order valence-electron chi connectivity index (χ4n) is 2.42. The molecule has 0 bridgehead atoms. The molecule has 5 nitrogen and oxygen atoms in total. The fraction of sp³-hybridized carbons (Fsp3) is 0.0500. The lowest BCUT2D eigenvalue weighted by Gasteiger charge is -2.06. The van der Waals surface area contributed by atoms with Crippen LogP contribution in [0.1, 0.15) is 5.56 Å². The van der Waals surface area contributed by atoms with Gasteiger partial charge in [-0.05, 0) is 35.9 Å². The SMILES string of the molecule is c1ccc(COc2cccc(-c3nc(-c4ccncc4)no3)c2)cc1. The highest BCUT2D eigenvalue weighted by Gasteiger charge is 2.11. The number of nitrogens with zero attached hydrogens (tertiary/aromatic N) is 3. The minimum Gasteiger partial charge on any atom is -0.489 e. The zero-order valence-corrected chi connectivity index (χ0v) is 13.4. The van der Waals surface area contributed by atoms with Crippen LogP contribution in [0.5, 0.6) is 5.75 Å². The van der Waals surface area contributed by atoms with Crippen LogP contribution in [-0.2, 0) is 6.61 Å². The van der Waals surface area contributed by atoms with E-state index in [0.29, 0.717) is 18.3 Å². The predicted octanol–water partition coefficient (Wildman–Crippen LogP) is 4.38. The number of ether oxygens (including phenoxy) is 1. The molecule has 0 spiro atoms. The van der Waals surface area contributed by atoms with Crippen molar-refractivity contribution in [3.63, 3.8) is 0 Å². The number of rotatable bonds is 5. The summed E-state index contributed by atoms with van der Waals surface area (Å²) in [6, 6.07) is 21.3. The van der Waals surface area contributed by atoms with Gasteiger partial charge in [0.15, 0.2) is 0 Å². The number of hydrogen-bond donors (Lipinski definition) is 0.